The van der Waals surface area contributed by atoms with Gasteiger partial charge in [0.2, 0.25) is 5.91 Å². The second-order valence-corrected chi connectivity index (χ2v) is 13.2. The summed E-state index contributed by atoms with van der Waals surface area (Å²) in [5.41, 5.74) is 3.67. The zero-order valence-corrected chi connectivity index (χ0v) is 25.4. The molecule has 9 nitrogen and oxygen atoms in total. The maximum Gasteiger partial charge on any atom is 0.264 e. The van der Waals surface area contributed by atoms with Crippen LogP contribution in [0.2, 0.25) is 0 Å². The number of hydrogen-bond donors (Lipinski definition) is 2. The highest BCUT2D eigenvalue weighted by molar-refractivity contribution is 7.93. The van der Waals surface area contributed by atoms with E-state index in [2.05, 4.69) is 10.0 Å². The molecule has 1 amide bonds. The van der Waals surface area contributed by atoms with E-state index in [4.69, 9.17) is 4.74 Å². The van der Waals surface area contributed by atoms with E-state index >= 15 is 0 Å². The molecule has 0 atom stereocenters. The second-order valence-electron chi connectivity index (χ2n) is 9.70. The third kappa shape index (κ3) is 7.10. The Morgan fingerprint density at radius 2 is 1.33 bits per heavy atom. The largest absolute Gasteiger partial charge is 0.494 e. The molecule has 0 aromatic heterocycles. The maximum absolute atomic E-state index is 13.7. The minimum absolute atomic E-state index is 0.00489. The monoisotopic (exact) mass is 607 g/mol. The molecule has 2 N–H and O–H groups in total. The molecule has 0 aliphatic carbocycles. The first-order valence-electron chi connectivity index (χ1n) is 13.2. The molecule has 0 radical (unpaired) electrons. The van der Waals surface area contributed by atoms with Crippen molar-refractivity contribution in [3.63, 3.8) is 0 Å². The lowest BCUT2D eigenvalue weighted by molar-refractivity contribution is -0.114. The van der Waals surface area contributed by atoms with Crippen molar-refractivity contribution in [2.45, 2.75) is 37.5 Å². The summed E-state index contributed by atoms with van der Waals surface area (Å²) < 4.78 is 62.4. The topological polar surface area (TPSA) is 122 Å². The molecule has 0 spiro atoms. The summed E-state index contributed by atoms with van der Waals surface area (Å²) in [6.07, 6.45) is 0. The zero-order chi connectivity index (χ0) is 30.5. The number of benzene rings is 4. The molecule has 0 bridgehead atoms. The Hall–Kier alpha value is -4.35. The van der Waals surface area contributed by atoms with Gasteiger partial charge in [0.15, 0.2) is 0 Å². The van der Waals surface area contributed by atoms with Gasteiger partial charge in [0, 0.05) is 5.69 Å². The van der Waals surface area contributed by atoms with Crippen LogP contribution in [0.3, 0.4) is 0 Å². The fourth-order valence-electron chi connectivity index (χ4n) is 4.24. The van der Waals surface area contributed by atoms with Gasteiger partial charge in [-0.05, 0) is 99.5 Å². The molecule has 0 unspecified atom stereocenters. The number of rotatable bonds is 11. The first-order valence-corrected chi connectivity index (χ1v) is 16.1. The highest BCUT2D eigenvalue weighted by Gasteiger charge is 2.27. The predicted molar refractivity (Wildman–Crippen MR) is 165 cm³/mol. The number of hydrogen-bond acceptors (Lipinski definition) is 6. The summed E-state index contributed by atoms with van der Waals surface area (Å²) in [6, 6.07) is 23.9. The van der Waals surface area contributed by atoms with Gasteiger partial charge < -0.3 is 10.1 Å². The Morgan fingerprint density at radius 3 is 1.90 bits per heavy atom. The zero-order valence-electron chi connectivity index (χ0n) is 23.8. The summed E-state index contributed by atoms with van der Waals surface area (Å²) in [5.74, 6) is -0.0693. The second kappa shape index (κ2) is 12.7. The Bertz CT molecular complexity index is 1750. The quantitative estimate of drug-likeness (QED) is 0.227. The molecule has 220 valence electrons. The number of anilines is 3. The van der Waals surface area contributed by atoms with Crippen LogP contribution in [-0.2, 0) is 24.8 Å². The van der Waals surface area contributed by atoms with Crippen LogP contribution in [0.5, 0.6) is 5.75 Å². The van der Waals surface area contributed by atoms with Crippen molar-refractivity contribution in [3.8, 4) is 5.75 Å². The molecule has 0 aliphatic heterocycles. The molecule has 4 aromatic rings. The molecule has 11 heteroatoms. The van der Waals surface area contributed by atoms with Gasteiger partial charge in [0.1, 0.15) is 12.3 Å². The van der Waals surface area contributed by atoms with Crippen LogP contribution in [-0.4, -0.2) is 35.9 Å². The molecule has 4 aromatic carbocycles. The van der Waals surface area contributed by atoms with E-state index in [0.29, 0.717) is 29.4 Å². The molecule has 42 heavy (non-hydrogen) atoms. The van der Waals surface area contributed by atoms with Crippen molar-refractivity contribution in [1.29, 1.82) is 0 Å². The van der Waals surface area contributed by atoms with Crippen LogP contribution in [0.4, 0.5) is 17.1 Å². The number of carbonyl (C=O) groups excluding carboxylic acids is 1. The van der Waals surface area contributed by atoms with E-state index in [1.165, 1.54) is 36.4 Å². The first-order chi connectivity index (χ1) is 19.9. The van der Waals surface area contributed by atoms with Gasteiger partial charge in [-0.1, -0.05) is 35.9 Å². The van der Waals surface area contributed by atoms with E-state index in [1.807, 2.05) is 45.9 Å². The Kier molecular flexibility index (Phi) is 9.23. The number of nitrogens with zero attached hydrogens (tertiary/aromatic N) is 1. The Labute approximate surface area is 247 Å². The number of carbonyl (C=O) groups is 1. The van der Waals surface area contributed by atoms with Crippen LogP contribution >= 0.6 is 0 Å². The molecule has 0 heterocycles. The van der Waals surface area contributed by atoms with Crippen LogP contribution in [0.1, 0.15) is 23.6 Å². The van der Waals surface area contributed by atoms with E-state index < -0.39 is 32.5 Å². The van der Waals surface area contributed by atoms with Crippen LogP contribution in [0, 0.1) is 20.8 Å². The van der Waals surface area contributed by atoms with Gasteiger partial charge in [-0.2, -0.15) is 0 Å². The first kappa shape index (κ1) is 30.6. The average Bonchev–Trinajstić information content (AvgIpc) is 2.95. The van der Waals surface area contributed by atoms with Crippen molar-refractivity contribution < 1.29 is 26.4 Å². The van der Waals surface area contributed by atoms with Gasteiger partial charge in [-0.3, -0.25) is 13.8 Å². The van der Waals surface area contributed by atoms with Gasteiger partial charge in [-0.15, -0.1) is 0 Å². The predicted octanol–water partition coefficient (Wildman–Crippen LogP) is 5.65. The summed E-state index contributed by atoms with van der Waals surface area (Å²) in [6.45, 7) is 7.28. The lowest BCUT2D eigenvalue weighted by Crippen LogP contribution is -2.38. The minimum Gasteiger partial charge on any atom is -0.494 e. The molecular weight excluding hydrogens is 574 g/mol. The summed E-state index contributed by atoms with van der Waals surface area (Å²) in [7, 11) is -8.00. The van der Waals surface area contributed by atoms with Crippen molar-refractivity contribution in [2.75, 3.05) is 27.5 Å². The fraction of sp³-hybridized carbons (Fsp3) is 0.194. The molecule has 4 rings (SSSR count). The Morgan fingerprint density at radius 1 is 0.762 bits per heavy atom. The third-order valence-electron chi connectivity index (χ3n) is 6.50. The van der Waals surface area contributed by atoms with Crippen molar-refractivity contribution in [3.05, 3.63) is 108 Å². The van der Waals surface area contributed by atoms with Crippen molar-refractivity contribution >= 4 is 43.0 Å². The Balaban J connectivity index is 1.53. The number of ether oxygens (including phenoxy) is 1. The number of sulfonamides is 2. The van der Waals surface area contributed by atoms with Crippen molar-refractivity contribution in [2.24, 2.45) is 0 Å². The summed E-state index contributed by atoms with van der Waals surface area (Å²) in [4.78, 5) is 13.1. The third-order valence-corrected chi connectivity index (χ3v) is 9.65. The number of amides is 1. The van der Waals surface area contributed by atoms with Crippen LogP contribution in [0.15, 0.2) is 101 Å². The molecule has 0 saturated heterocycles. The van der Waals surface area contributed by atoms with Crippen LogP contribution in [0.25, 0.3) is 0 Å². The molecule has 0 saturated carbocycles. The highest BCUT2D eigenvalue weighted by Crippen LogP contribution is 2.27. The molecular formula is C31H33N3O6S2. The van der Waals surface area contributed by atoms with E-state index in [0.717, 1.165) is 21.0 Å². The average molecular weight is 608 g/mol. The van der Waals surface area contributed by atoms with Gasteiger partial charge in [0.05, 0.1) is 27.8 Å². The van der Waals surface area contributed by atoms with E-state index in [9.17, 15) is 21.6 Å². The molecule has 0 aliphatic rings. The SMILES string of the molecule is CCOc1ccc(S(=O)(=O)N(CC(=O)Nc2ccc(S(=O)(=O)Nc3c(C)cccc3C)cc2)c2ccc(C)cc2)cc1. The number of aryl methyl sites for hydroxylation is 3. The summed E-state index contributed by atoms with van der Waals surface area (Å²) in [5, 5.41) is 2.67. The van der Waals surface area contributed by atoms with Gasteiger partial charge in [0.25, 0.3) is 20.0 Å². The van der Waals surface area contributed by atoms with Gasteiger partial charge >= 0.3 is 0 Å². The fourth-order valence-corrected chi connectivity index (χ4v) is 6.87. The minimum atomic E-state index is -4.12. The van der Waals surface area contributed by atoms with Crippen molar-refractivity contribution in [1.82, 2.24) is 0 Å². The molecule has 0 fully saturated rings. The highest BCUT2D eigenvalue weighted by atomic mass is 32.2. The van der Waals surface area contributed by atoms with Crippen LogP contribution < -0.4 is 19.1 Å². The maximum atomic E-state index is 13.7. The standard InChI is InChI=1S/C31H33N3O6S2/c1-5-40-27-15-19-29(20-16-27)42(38,39)34(26-13-9-22(2)10-14-26)21-30(35)32-25-11-17-28(18-12-25)41(36,37)33-31-23(3)7-6-8-24(31)4/h6-20,33H,5,21H2,1-4H3,(H,32,35). The lowest BCUT2D eigenvalue weighted by Gasteiger charge is -2.24. The van der Waals surface area contributed by atoms with E-state index in [-0.39, 0.29) is 9.79 Å². The number of nitrogens with one attached hydrogen (secondary N) is 2. The lowest BCUT2D eigenvalue weighted by atomic mass is 10.1. The van der Waals surface area contributed by atoms with E-state index in [1.54, 1.807) is 36.4 Å². The summed E-state index contributed by atoms with van der Waals surface area (Å²) >= 11 is 0. The normalized spacial score (nSPS) is 11.5. The smallest absolute Gasteiger partial charge is 0.264 e. The number of para-hydroxylation sites is 1. The van der Waals surface area contributed by atoms with Gasteiger partial charge in [-0.25, -0.2) is 16.8 Å².